The van der Waals surface area contributed by atoms with Crippen LogP contribution in [0.15, 0.2) is 41.8 Å². The van der Waals surface area contributed by atoms with Gasteiger partial charge in [-0.05, 0) is 35.7 Å². The number of alkyl halides is 2. The van der Waals surface area contributed by atoms with E-state index < -0.39 is 17.9 Å². The number of nitrogens with zero attached hydrogens (tertiary/aromatic N) is 1. The van der Waals surface area contributed by atoms with Gasteiger partial charge in [-0.15, -0.1) is 11.3 Å². The Balaban J connectivity index is 1.97. The summed E-state index contributed by atoms with van der Waals surface area (Å²) >= 11 is 1.22. The first-order valence-electron chi connectivity index (χ1n) is 5.94. The molecular formula is C14H11F2NO2S. The van der Waals surface area contributed by atoms with Gasteiger partial charge < -0.3 is 4.74 Å². The highest BCUT2D eigenvalue weighted by Gasteiger charge is 2.65. The van der Waals surface area contributed by atoms with Crippen LogP contribution in [0.25, 0.3) is 0 Å². The van der Waals surface area contributed by atoms with Gasteiger partial charge in [-0.2, -0.15) is 8.78 Å². The molecule has 3 rings (SSSR count). The van der Waals surface area contributed by atoms with Crippen LogP contribution in [0.2, 0.25) is 0 Å². The molecule has 2 heterocycles. The summed E-state index contributed by atoms with van der Waals surface area (Å²) in [7, 11) is 1.52. The summed E-state index contributed by atoms with van der Waals surface area (Å²) in [6, 6.07) is 8.59. The molecule has 1 fully saturated rings. The third-order valence-corrected chi connectivity index (χ3v) is 4.19. The minimum absolute atomic E-state index is 0.445. The third-order valence-electron chi connectivity index (χ3n) is 3.27. The Morgan fingerprint density at radius 1 is 1.25 bits per heavy atom. The van der Waals surface area contributed by atoms with Gasteiger partial charge in [0.2, 0.25) is 0 Å². The number of amides is 1. The highest BCUT2D eigenvalue weighted by Crippen LogP contribution is 2.50. The second-order valence-electron chi connectivity index (χ2n) is 4.41. The molecule has 0 N–H and O–H groups in total. The second kappa shape index (κ2) is 4.56. The molecule has 0 saturated carbocycles. The van der Waals surface area contributed by atoms with Crippen molar-refractivity contribution >= 4 is 22.9 Å². The zero-order valence-electron chi connectivity index (χ0n) is 10.5. The molecule has 104 valence electrons. The van der Waals surface area contributed by atoms with Crippen molar-refractivity contribution in [3.05, 3.63) is 46.7 Å². The molecule has 1 aliphatic heterocycles. The van der Waals surface area contributed by atoms with Gasteiger partial charge >= 0.3 is 11.8 Å². The number of benzene rings is 1. The first-order chi connectivity index (χ1) is 9.55. The van der Waals surface area contributed by atoms with E-state index in [4.69, 9.17) is 4.74 Å². The Kier molecular flexibility index (Phi) is 2.97. The molecular weight excluding hydrogens is 284 g/mol. The molecule has 1 aromatic heterocycles. The van der Waals surface area contributed by atoms with Crippen molar-refractivity contribution in [1.29, 1.82) is 0 Å². The smallest absolute Gasteiger partial charge is 0.350 e. The minimum atomic E-state index is -3.34. The van der Waals surface area contributed by atoms with Gasteiger partial charge in [0.15, 0.2) is 0 Å². The Hall–Kier alpha value is -1.95. The SMILES string of the molecule is COc1ccc(N2C(=O)C(F)(F)C2c2cccs2)cc1. The fraction of sp³-hybridized carbons (Fsp3) is 0.214. The van der Waals surface area contributed by atoms with Gasteiger partial charge in [0.05, 0.1) is 7.11 Å². The van der Waals surface area contributed by atoms with E-state index in [1.165, 1.54) is 18.4 Å². The highest BCUT2D eigenvalue weighted by atomic mass is 32.1. The average molecular weight is 295 g/mol. The first kappa shape index (κ1) is 13.1. The van der Waals surface area contributed by atoms with Gasteiger partial charge in [-0.25, -0.2) is 0 Å². The van der Waals surface area contributed by atoms with Crippen LogP contribution in [0.1, 0.15) is 10.9 Å². The number of carbonyl (C=O) groups excluding carboxylic acids is 1. The Bertz CT molecular complexity index is 625. The Morgan fingerprint density at radius 2 is 1.95 bits per heavy atom. The van der Waals surface area contributed by atoms with Crippen LogP contribution < -0.4 is 9.64 Å². The number of rotatable bonds is 3. The maximum atomic E-state index is 13.8. The lowest BCUT2D eigenvalue weighted by Gasteiger charge is -2.45. The van der Waals surface area contributed by atoms with E-state index in [0.29, 0.717) is 16.3 Å². The van der Waals surface area contributed by atoms with Crippen LogP contribution in [-0.2, 0) is 4.79 Å². The van der Waals surface area contributed by atoms with E-state index in [2.05, 4.69) is 0 Å². The highest BCUT2D eigenvalue weighted by molar-refractivity contribution is 7.10. The Morgan fingerprint density at radius 3 is 2.50 bits per heavy atom. The van der Waals surface area contributed by atoms with Gasteiger partial charge in [-0.1, -0.05) is 6.07 Å². The number of hydrogen-bond donors (Lipinski definition) is 0. The number of carbonyl (C=O) groups is 1. The molecule has 6 heteroatoms. The van der Waals surface area contributed by atoms with Crippen LogP contribution >= 0.6 is 11.3 Å². The second-order valence-corrected chi connectivity index (χ2v) is 5.39. The first-order valence-corrected chi connectivity index (χ1v) is 6.82. The fourth-order valence-corrected chi connectivity index (χ4v) is 3.11. The number of ether oxygens (including phenoxy) is 1. The number of halogens is 2. The molecule has 0 bridgehead atoms. The van der Waals surface area contributed by atoms with Gasteiger partial charge in [-0.3, -0.25) is 9.69 Å². The minimum Gasteiger partial charge on any atom is -0.497 e. The van der Waals surface area contributed by atoms with Crippen molar-refractivity contribution in [3.8, 4) is 5.75 Å². The molecule has 1 unspecified atom stereocenters. The van der Waals surface area contributed by atoms with Crippen LogP contribution in [0.4, 0.5) is 14.5 Å². The van der Waals surface area contributed by atoms with E-state index in [1.54, 1.807) is 41.8 Å². The van der Waals surface area contributed by atoms with E-state index in [9.17, 15) is 13.6 Å². The fourth-order valence-electron chi connectivity index (χ4n) is 2.25. The third kappa shape index (κ3) is 1.79. The number of hydrogen-bond acceptors (Lipinski definition) is 3. The average Bonchev–Trinajstić information content (AvgIpc) is 2.97. The summed E-state index contributed by atoms with van der Waals surface area (Å²) < 4.78 is 32.7. The zero-order valence-corrected chi connectivity index (χ0v) is 11.4. The lowest BCUT2D eigenvalue weighted by atomic mass is 9.94. The van der Waals surface area contributed by atoms with Crippen molar-refractivity contribution in [1.82, 2.24) is 0 Å². The predicted octanol–water partition coefficient (Wildman–Crippen LogP) is 3.48. The molecule has 20 heavy (non-hydrogen) atoms. The van der Waals surface area contributed by atoms with E-state index in [-0.39, 0.29) is 0 Å². The van der Waals surface area contributed by atoms with Crippen molar-refractivity contribution < 1.29 is 18.3 Å². The maximum absolute atomic E-state index is 13.8. The van der Waals surface area contributed by atoms with Crippen molar-refractivity contribution in [3.63, 3.8) is 0 Å². The molecule has 1 atom stereocenters. The molecule has 2 aromatic rings. The summed E-state index contributed by atoms with van der Waals surface area (Å²) in [5.41, 5.74) is 0.445. The molecule has 1 amide bonds. The molecule has 1 aromatic carbocycles. The quantitative estimate of drug-likeness (QED) is 0.811. The summed E-state index contributed by atoms with van der Waals surface area (Å²) in [4.78, 5) is 13.3. The zero-order chi connectivity index (χ0) is 14.3. The van der Waals surface area contributed by atoms with E-state index in [0.717, 1.165) is 4.90 Å². The van der Waals surface area contributed by atoms with Crippen LogP contribution in [0.3, 0.4) is 0 Å². The summed E-state index contributed by atoms with van der Waals surface area (Å²) in [6.07, 6.45) is 0. The number of anilines is 1. The van der Waals surface area contributed by atoms with Gasteiger partial charge in [0.1, 0.15) is 11.8 Å². The largest absolute Gasteiger partial charge is 0.497 e. The van der Waals surface area contributed by atoms with Crippen molar-refractivity contribution in [2.75, 3.05) is 12.0 Å². The lowest BCUT2D eigenvalue weighted by Crippen LogP contribution is -2.63. The van der Waals surface area contributed by atoms with Crippen LogP contribution in [-0.4, -0.2) is 18.9 Å². The summed E-state index contributed by atoms with van der Waals surface area (Å²) in [5.74, 6) is -3.90. The van der Waals surface area contributed by atoms with Crippen LogP contribution in [0.5, 0.6) is 5.75 Å². The van der Waals surface area contributed by atoms with E-state index in [1.807, 2.05) is 0 Å². The van der Waals surface area contributed by atoms with Gasteiger partial charge in [0, 0.05) is 10.6 Å². The van der Waals surface area contributed by atoms with E-state index >= 15 is 0 Å². The van der Waals surface area contributed by atoms with Crippen molar-refractivity contribution in [2.24, 2.45) is 0 Å². The number of methoxy groups -OCH3 is 1. The topological polar surface area (TPSA) is 29.5 Å². The molecule has 1 aliphatic rings. The van der Waals surface area contributed by atoms with Gasteiger partial charge in [0.25, 0.3) is 0 Å². The molecule has 0 spiro atoms. The number of β-lactam (4-membered cyclic amide) rings is 1. The Labute approximate surface area is 118 Å². The molecule has 0 radical (unpaired) electrons. The summed E-state index contributed by atoms with van der Waals surface area (Å²) in [5, 5.41) is 1.72. The standard InChI is InChI=1S/C14H11F2NO2S/c1-19-10-6-4-9(5-7-10)17-12(11-3-2-8-20-11)14(15,16)13(17)18/h2-8,12H,1H3. The normalized spacial score (nSPS) is 20.6. The monoisotopic (exact) mass is 295 g/mol. The van der Waals surface area contributed by atoms with Crippen molar-refractivity contribution in [2.45, 2.75) is 12.0 Å². The predicted molar refractivity (Wildman–Crippen MR) is 72.5 cm³/mol. The molecule has 0 aliphatic carbocycles. The summed E-state index contributed by atoms with van der Waals surface area (Å²) in [6.45, 7) is 0. The maximum Gasteiger partial charge on any atom is 0.350 e. The van der Waals surface area contributed by atoms with Crippen LogP contribution in [0, 0.1) is 0 Å². The molecule has 1 saturated heterocycles. The molecule has 3 nitrogen and oxygen atoms in total. The lowest BCUT2D eigenvalue weighted by molar-refractivity contribution is -0.162. The number of thiophene rings is 1.